The maximum absolute atomic E-state index is 9.65. The number of piperidine rings is 1. The SMILES string of the molecule is OC1CCN(Cc2cc3nc(Cl)nc(N4CCOCC4)c3s2)CC1. The molecule has 130 valence electrons. The Hall–Kier alpha value is -0.990. The molecule has 0 unspecified atom stereocenters. The molecule has 0 bridgehead atoms. The van der Waals surface area contributed by atoms with Crippen LogP contribution in [0.15, 0.2) is 6.07 Å². The normalized spacial score (nSPS) is 20.8. The van der Waals surface area contributed by atoms with Crippen molar-refractivity contribution in [2.24, 2.45) is 0 Å². The molecule has 0 atom stereocenters. The zero-order valence-corrected chi connectivity index (χ0v) is 15.0. The number of halogens is 1. The fourth-order valence-corrected chi connectivity index (χ4v) is 4.63. The van der Waals surface area contributed by atoms with Crippen LogP contribution in [0.1, 0.15) is 17.7 Å². The van der Waals surface area contributed by atoms with Crippen molar-refractivity contribution in [2.45, 2.75) is 25.5 Å². The number of anilines is 1. The minimum absolute atomic E-state index is 0.138. The van der Waals surface area contributed by atoms with E-state index in [0.29, 0.717) is 5.28 Å². The van der Waals surface area contributed by atoms with E-state index in [0.717, 1.165) is 74.8 Å². The van der Waals surface area contributed by atoms with E-state index in [1.165, 1.54) is 4.88 Å². The summed E-state index contributed by atoms with van der Waals surface area (Å²) in [5.41, 5.74) is 0.925. The predicted molar refractivity (Wildman–Crippen MR) is 96.0 cm³/mol. The van der Waals surface area contributed by atoms with Gasteiger partial charge in [-0.25, -0.2) is 4.98 Å². The number of aromatic nitrogens is 2. The average molecular weight is 369 g/mol. The molecule has 2 aliphatic heterocycles. The summed E-state index contributed by atoms with van der Waals surface area (Å²) in [5.74, 6) is 0.929. The molecule has 0 aromatic carbocycles. The number of likely N-dealkylation sites (tertiary alicyclic amines) is 1. The number of hydrogen-bond donors (Lipinski definition) is 1. The van der Waals surface area contributed by atoms with Crippen LogP contribution in [0, 0.1) is 0 Å². The number of hydrogen-bond acceptors (Lipinski definition) is 7. The third-order valence-electron chi connectivity index (χ3n) is 4.62. The Bertz CT molecular complexity index is 711. The van der Waals surface area contributed by atoms with E-state index in [1.54, 1.807) is 11.3 Å². The van der Waals surface area contributed by atoms with Crippen molar-refractivity contribution in [3.63, 3.8) is 0 Å². The van der Waals surface area contributed by atoms with Crippen LogP contribution in [0.3, 0.4) is 0 Å². The Balaban J connectivity index is 1.59. The lowest BCUT2D eigenvalue weighted by molar-refractivity contribution is 0.0797. The minimum atomic E-state index is -0.138. The van der Waals surface area contributed by atoms with Crippen LogP contribution < -0.4 is 4.90 Å². The monoisotopic (exact) mass is 368 g/mol. The topological polar surface area (TPSA) is 61.7 Å². The second-order valence-electron chi connectivity index (χ2n) is 6.35. The molecule has 0 saturated carbocycles. The third kappa shape index (κ3) is 3.50. The molecule has 2 fully saturated rings. The highest BCUT2D eigenvalue weighted by atomic mass is 35.5. The van der Waals surface area contributed by atoms with E-state index in [1.807, 2.05) is 0 Å². The number of ether oxygens (including phenoxy) is 1. The Labute approximate surface area is 150 Å². The van der Waals surface area contributed by atoms with Gasteiger partial charge in [-0.2, -0.15) is 4.98 Å². The Morgan fingerprint density at radius 2 is 1.96 bits per heavy atom. The second kappa shape index (κ2) is 7.09. The molecule has 2 aromatic rings. The van der Waals surface area contributed by atoms with Gasteiger partial charge in [-0.05, 0) is 30.5 Å². The molecule has 2 aliphatic rings. The Morgan fingerprint density at radius 3 is 2.71 bits per heavy atom. The molecule has 2 aromatic heterocycles. The number of morpholine rings is 1. The lowest BCUT2D eigenvalue weighted by Crippen LogP contribution is -2.36. The van der Waals surface area contributed by atoms with Crippen molar-refractivity contribution in [1.82, 2.24) is 14.9 Å². The van der Waals surface area contributed by atoms with Gasteiger partial charge in [0.05, 0.1) is 29.5 Å². The summed E-state index contributed by atoms with van der Waals surface area (Å²) in [6.07, 6.45) is 1.58. The number of fused-ring (bicyclic) bond motifs is 1. The highest BCUT2D eigenvalue weighted by molar-refractivity contribution is 7.19. The van der Waals surface area contributed by atoms with Crippen molar-refractivity contribution in [3.8, 4) is 0 Å². The van der Waals surface area contributed by atoms with Gasteiger partial charge in [0.2, 0.25) is 5.28 Å². The van der Waals surface area contributed by atoms with Gasteiger partial charge >= 0.3 is 0 Å². The summed E-state index contributed by atoms with van der Waals surface area (Å²) >= 11 is 7.90. The number of thiophene rings is 1. The highest BCUT2D eigenvalue weighted by Crippen LogP contribution is 2.34. The second-order valence-corrected chi connectivity index (χ2v) is 7.82. The van der Waals surface area contributed by atoms with Gasteiger partial charge < -0.3 is 14.7 Å². The van der Waals surface area contributed by atoms with Crippen molar-refractivity contribution >= 4 is 39.0 Å². The maximum Gasteiger partial charge on any atom is 0.224 e. The number of aliphatic hydroxyl groups excluding tert-OH is 1. The first kappa shape index (κ1) is 16.5. The summed E-state index contributed by atoms with van der Waals surface area (Å²) in [7, 11) is 0. The van der Waals surface area contributed by atoms with Crippen LogP contribution in [0.25, 0.3) is 10.2 Å². The van der Waals surface area contributed by atoms with Crippen molar-refractivity contribution < 1.29 is 9.84 Å². The van der Waals surface area contributed by atoms with Gasteiger partial charge in [0.15, 0.2) is 5.82 Å². The van der Waals surface area contributed by atoms with Gasteiger partial charge in [-0.3, -0.25) is 4.90 Å². The molecule has 1 N–H and O–H groups in total. The fourth-order valence-electron chi connectivity index (χ4n) is 3.30. The van der Waals surface area contributed by atoms with Crippen molar-refractivity contribution in [1.29, 1.82) is 0 Å². The lowest BCUT2D eigenvalue weighted by atomic mass is 10.1. The first-order valence-corrected chi connectivity index (χ1v) is 9.57. The molecule has 24 heavy (non-hydrogen) atoms. The molecule has 0 aliphatic carbocycles. The largest absolute Gasteiger partial charge is 0.393 e. The van der Waals surface area contributed by atoms with E-state index in [2.05, 4.69) is 25.8 Å². The molecule has 4 rings (SSSR count). The van der Waals surface area contributed by atoms with Crippen molar-refractivity contribution in [3.05, 3.63) is 16.2 Å². The van der Waals surface area contributed by atoms with Crippen molar-refractivity contribution in [2.75, 3.05) is 44.3 Å². The van der Waals surface area contributed by atoms with Gasteiger partial charge in [0, 0.05) is 37.6 Å². The number of rotatable bonds is 3. The first-order valence-electron chi connectivity index (χ1n) is 8.38. The molecule has 8 heteroatoms. The summed E-state index contributed by atoms with van der Waals surface area (Å²) in [6, 6.07) is 2.13. The van der Waals surface area contributed by atoms with Gasteiger partial charge in [-0.15, -0.1) is 11.3 Å². The summed E-state index contributed by atoms with van der Waals surface area (Å²) in [6.45, 7) is 5.89. The van der Waals surface area contributed by atoms with E-state index in [-0.39, 0.29) is 6.10 Å². The molecular weight excluding hydrogens is 348 g/mol. The molecule has 0 spiro atoms. The average Bonchev–Trinajstić information content (AvgIpc) is 2.99. The quantitative estimate of drug-likeness (QED) is 0.837. The van der Waals surface area contributed by atoms with E-state index >= 15 is 0 Å². The first-order chi connectivity index (χ1) is 11.7. The van der Waals surface area contributed by atoms with Crippen LogP contribution >= 0.6 is 22.9 Å². The molecule has 0 amide bonds. The van der Waals surface area contributed by atoms with Gasteiger partial charge in [0.25, 0.3) is 0 Å². The lowest BCUT2D eigenvalue weighted by Gasteiger charge is -2.29. The van der Waals surface area contributed by atoms with Crippen LogP contribution in [0.5, 0.6) is 0 Å². The van der Waals surface area contributed by atoms with Crippen LogP contribution in [-0.2, 0) is 11.3 Å². The van der Waals surface area contributed by atoms with Crippen LogP contribution in [0.2, 0.25) is 5.28 Å². The smallest absolute Gasteiger partial charge is 0.224 e. The zero-order valence-electron chi connectivity index (χ0n) is 13.4. The molecule has 2 saturated heterocycles. The highest BCUT2D eigenvalue weighted by Gasteiger charge is 2.21. The third-order valence-corrected chi connectivity index (χ3v) is 5.90. The number of aliphatic hydroxyl groups is 1. The van der Waals surface area contributed by atoms with Crippen LogP contribution in [-0.4, -0.2) is 65.5 Å². The predicted octanol–water partition coefficient (Wildman–Crippen LogP) is 2.14. The molecule has 4 heterocycles. The number of nitrogens with zero attached hydrogens (tertiary/aromatic N) is 4. The van der Waals surface area contributed by atoms with E-state index < -0.39 is 0 Å². The maximum atomic E-state index is 9.65. The summed E-state index contributed by atoms with van der Waals surface area (Å²) < 4.78 is 6.54. The zero-order chi connectivity index (χ0) is 16.5. The van der Waals surface area contributed by atoms with E-state index in [9.17, 15) is 5.11 Å². The summed E-state index contributed by atoms with van der Waals surface area (Å²) in [4.78, 5) is 14.8. The van der Waals surface area contributed by atoms with Gasteiger partial charge in [-0.1, -0.05) is 0 Å². The van der Waals surface area contributed by atoms with E-state index in [4.69, 9.17) is 16.3 Å². The Morgan fingerprint density at radius 1 is 1.21 bits per heavy atom. The van der Waals surface area contributed by atoms with Crippen LogP contribution in [0.4, 0.5) is 5.82 Å². The molecule has 6 nitrogen and oxygen atoms in total. The molecular formula is C16H21ClN4O2S. The fraction of sp³-hybridized carbons (Fsp3) is 0.625. The minimum Gasteiger partial charge on any atom is -0.393 e. The van der Waals surface area contributed by atoms with Gasteiger partial charge in [0.1, 0.15) is 0 Å². The standard InChI is InChI=1S/C16H21ClN4O2S/c17-16-18-13-9-12(10-20-3-1-11(22)2-4-20)24-14(13)15(19-16)21-5-7-23-8-6-21/h9,11,22H,1-8,10H2. The summed E-state index contributed by atoms with van der Waals surface area (Å²) in [5, 5.41) is 9.95. The molecule has 0 radical (unpaired) electrons. The Kier molecular flexibility index (Phi) is 4.87.